The highest BCUT2D eigenvalue weighted by Gasteiger charge is 2.12. The Balaban J connectivity index is 1.61. The molecular weight excluding hydrogens is 352 g/mol. The molecular formula is C18H29N4O3S+. The second-order valence-electron chi connectivity index (χ2n) is 6.49. The smallest absolute Gasteiger partial charge is 0.269 e. The van der Waals surface area contributed by atoms with Gasteiger partial charge >= 0.3 is 0 Å². The lowest BCUT2D eigenvalue weighted by atomic mass is 10.2. The lowest BCUT2D eigenvalue weighted by Crippen LogP contribution is -3.14. The van der Waals surface area contributed by atoms with Crippen molar-refractivity contribution in [1.29, 1.82) is 0 Å². The maximum absolute atomic E-state index is 12.1. The third kappa shape index (κ3) is 7.55. The Bertz CT molecular complexity index is 574. The predicted octanol–water partition coefficient (Wildman–Crippen LogP) is -0.112. The number of quaternary nitrogens is 1. The zero-order valence-electron chi connectivity index (χ0n) is 15.5. The van der Waals surface area contributed by atoms with Crippen LogP contribution >= 0.6 is 12.2 Å². The van der Waals surface area contributed by atoms with Crippen molar-refractivity contribution in [2.24, 2.45) is 0 Å². The molecule has 1 heterocycles. The highest BCUT2D eigenvalue weighted by Crippen LogP contribution is 2.13. The summed E-state index contributed by atoms with van der Waals surface area (Å²) in [6.07, 6.45) is 1.12. The Hall–Kier alpha value is -1.90. The Morgan fingerprint density at radius 3 is 2.58 bits per heavy atom. The van der Waals surface area contributed by atoms with Crippen LogP contribution in [0.3, 0.4) is 0 Å². The summed E-state index contributed by atoms with van der Waals surface area (Å²) < 4.78 is 10.9. The number of thiocarbonyl (C=S) groups is 1. The quantitative estimate of drug-likeness (QED) is 0.300. The molecule has 1 aliphatic rings. The van der Waals surface area contributed by atoms with Gasteiger partial charge in [0.15, 0.2) is 5.11 Å². The number of hydrogen-bond acceptors (Lipinski definition) is 4. The van der Waals surface area contributed by atoms with Gasteiger partial charge in [0.2, 0.25) is 0 Å². The fourth-order valence-corrected chi connectivity index (χ4v) is 2.79. The van der Waals surface area contributed by atoms with Crippen molar-refractivity contribution in [2.75, 3.05) is 39.4 Å². The van der Waals surface area contributed by atoms with E-state index in [0.29, 0.717) is 10.7 Å². The first kappa shape index (κ1) is 20.4. The Labute approximate surface area is 160 Å². The predicted molar refractivity (Wildman–Crippen MR) is 104 cm³/mol. The Morgan fingerprint density at radius 2 is 1.92 bits per heavy atom. The standard InChI is InChI=1S/C18H28N4O3S/c1-14(2)25-16-6-4-15(5-7-16)17(23)20-21-18(26)19-8-3-9-22-10-12-24-13-11-22/h4-7,14H,3,8-13H2,1-2H3,(H,20,23)(H2,19,21,26)/p+1. The van der Waals surface area contributed by atoms with Gasteiger partial charge in [0.05, 0.1) is 25.9 Å². The molecule has 7 nitrogen and oxygen atoms in total. The third-order valence-corrected chi connectivity index (χ3v) is 4.22. The first-order valence-electron chi connectivity index (χ1n) is 9.07. The van der Waals surface area contributed by atoms with Crippen LogP contribution < -0.4 is 25.8 Å². The van der Waals surface area contributed by atoms with Gasteiger partial charge in [-0.1, -0.05) is 0 Å². The fraction of sp³-hybridized carbons (Fsp3) is 0.556. The summed E-state index contributed by atoms with van der Waals surface area (Å²) in [6.45, 7) is 9.61. The first-order valence-corrected chi connectivity index (χ1v) is 9.47. The summed E-state index contributed by atoms with van der Waals surface area (Å²) in [7, 11) is 0. The molecule has 26 heavy (non-hydrogen) atoms. The van der Waals surface area contributed by atoms with E-state index in [4.69, 9.17) is 21.7 Å². The van der Waals surface area contributed by atoms with Crippen LogP contribution in [0.4, 0.5) is 0 Å². The average molecular weight is 382 g/mol. The van der Waals surface area contributed by atoms with E-state index in [-0.39, 0.29) is 12.0 Å². The van der Waals surface area contributed by atoms with Gasteiger partial charge in [0.1, 0.15) is 18.8 Å². The Morgan fingerprint density at radius 1 is 1.23 bits per heavy atom. The van der Waals surface area contributed by atoms with E-state index in [1.54, 1.807) is 29.2 Å². The Kier molecular flexibility index (Phi) is 8.60. The molecule has 1 aliphatic heterocycles. The number of amides is 1. The molecule has 0 unspecified atom stereocenters. The van der Waals surface area contributed by atoms with E-state index in [9.17, 15) is 4.79 Å². The van der Waals surface area contributed by atoms with Crippen molar-refractivity contribution in [2.45, 2.75) is 26.4 Å². The van der Waals surface area contributed by atoms with Gasteiger partial charge in [-0.2, -0.15) is 0 Å². The third-order valence-electron chi connectivity index (χ3n) is 3.97. The van der Waals surface area contributed by atoms with Crippen molar-refractivity contribution < 1.29 is 19.2 Å². The molecule has 1 saturated heterocycles. The largest absolute Gasteiger partial charge is 0.491 e. The molecule has 8 heteroatoms. The number of hydrogen-bond donors (Lipinski definition) is 4. The minimum absolute atomic E-state index is 0.102. The van der Waals surface area contributed by atoms with Crippen LogP contribution in [0, 0.1) is 0 Å². The summed E-state index contributed by atoms with van der Waals surface area (Å²) in [5.41, 5.74) is 5.86. The highest BCUT2D eigenvalue weighted by molar-refractivity contribution is 7.80. The van der Waals surface area contributed by atoms with Gasteiger partial charge in [-0.25, -0.2) is 0 Å². The van der Waals surface area contributed by atoms with Gasteiger partial charge in [0, 0.05) is 18.5 Å². The van der Waals surface area contributed by atoms with Gasteiger partial charge in [0.25, 0.3) is 5.91 Å². The molecule has 1 aromatic carbocycles. The molecule has 0 radical (unpaired) electrons. The molecule has 1 aromatic rings. The molecule has 0 bridgehead atoms. The number of hydrazine groups is 1. The van der Waals surface area contributed by atoms with Gasteiger partial charge in [-0.05, 0) is 50.3 Å². The minimum Gasteiger partial charge on any atom is -0.491 e. The maximum Gasteiger partial charge on any atom is 0.269 e. The van der Waals surface area contributed by atoms with E-state index < -0.39 is 0 Å². The zero-order chi connectivity index (χ0) is 18.8. The number of benzene rings is 1. The van der Waals surface area contributed by atoms with Crippen molar-refractivity contribution >= 4 is 23.2 Å². The number of carbonyl (C=O) groups excluding carboxylic acids is 1. The van der Waals surface area contributed by atoms with Crippen LogP contribution in [0.2, 0.25) is 0 Å². The van der Waals surface area contributed by atoms with Gasteiger partial charge < -0.3 is 19.7 Å². The van der Waals surface area contributed by atoms with E-state index >= 15 is 0 Å². The topological polar surface area (TPSA) is 76.1 Å². The van der Waals surface area contributed by atoms with Crippen LogP contribution in [0.15, 0.2) is 24.3 Å². The molecule has 0 saturated carbocycles. The van der Waals surface area contributed by atoms with Crippen LogP contribution in [0.1, 0.15) is 30.6 Å². The molecule has 0 aliphatic carbocycles. The van der Waals surface area contributed by atoms with E-state index in [2.05, 4.69) is 16.2 Å². The summed E-state index contributed by atoms with van der Waals surface area (Å²) in [5.74, 6) is 0.493. The normalized spacial score (nSPS) is 14.7. The molecule has 144 valence electrons. The van der Waals surface area contributed by atoms with Crippen molar-refractivity contribution in [3.05, 3.63) is 29.8 Å². The number of carbonyl (C=O) groups is 1. The van der Waals surface area contributed by atoms with Crippen molar-refractivity contribution in [3.8, 4) is 5.75 Å². The molecule has 4 N–H and O–H groups in total. The summed E-state index contributed by atoms with van der Waals surface area (Å²) in [4.78, 5) is 13.7. The summed E-state index contributed by atoms with van der Waals surface area (Å²) in [6, 6.07) is 6.99. The lowest BCUT2D eigenvalue weighted by Gasteiger charge is -2.23. The molecule has 1 fully saturated rings. The number of rotatable bonds is 7. The SMILES string of the molecule is CC(C)Oc1ccc(C(=O)NNC(=S)NCCC[NH+]2CCOCC2)cc1. The van der Waals surface area contributed by atoms with E-state index in [0.717, 1.165) is 51.6 Å². The molecule has 0 spiro atoms. The monoisotopic (exact) mass is 381 g/mol. The zero-order valence-corrected chi connectivity index (χ0v) is 16.3. The first-order chi connectivity index (χ1) is 12.5. The second-order valence-corrected chi connectivity index (χ2v) is 6.90. The number of nitrogens with one attached hydrogen (secondary N) is 4. The van der Waals surface area contributed by atoms with Gasteiger partial charge in [-0.15, -0.1) is 0 Å². The average Bonchev–Trinajstić information content (AvgIpc) is 2.64. The fourth-order valence-electron chi connectivity index (χ4n) is 2.64. The molecule has 1 amide bonds. The van der Waals surface area contributed by atoms with Crippen LogP contribution in [0.5, 0.6) is 5.75 Å². The van der Waals surface area contributed by atoms with Crippen molar-refractivity contribution in [3.63, 3.8) is 0 Å². The van der Waals surface area contributed by atoms with E-state index in [1.807, 2.05) is 13.8 Å². The summed E-state index contributed by atoms with van der Waals surface area (Å²) in [5, 5.41) is 3.51. The number of ether oxygens (including phenoxy) is 2. The molecule has 0 atom stereocenters. The van der Waals surface area contributed by atoms with Crippen molar-refractivity contribution in [1.82, 2.24) is 16.2 Å². The van der Waals surface area contributed by atoms with Crippen LogP contribution in [-0.4, -0.2) is 56.5 Å². The highest BCUT2D eigenvalue weighted by atomic mass is 32.1. The minimum atomic E-state index is -0.247. The lowest BCUT2D eigenvalue weighted by molar-refractivity contribution is -0.908. The molecule has 0 aromatic heterocycles. The van der Waals surface area contributed by atoms with Gasteiger partial charge in [-0.3, -0.25) is 15.6 Å². The molecule has 2 rings (SSSR count). The second kappa shape index (κ2) is 10.9. The van der Waals surface area contributed by atoms with Crippen LogP contribution in [0.25, 0.3) is 0 Å². The maximum atomic E-state index is 12.1. The van der Waals surface area contributed by atoms with Crippen LogP contribution in [-0.2, 0) is 4.74 Å². The van der Waals surface area contributed by atoms with E-state index in [1.165, 1.54) is 0 Å². The number of morpholine rings is 1. The summed E-state index contributed by atoms with van der Waals surface area (Å²) >= 11 is 5.18.